The van der Waals surface area contributed by atoms with Crippen LogP contribution in [0.3, 0.4) is 0 Å². The third-order valence-corrected chi connectivity index (χ3v) is 4.82. The van der Waals surface area contributed by atoms with Gasteiger partial charge in [0.25, 0.3) is 0 Å². The molecule has 1 atom stereocenters. The van der Waals surface area contributed by atoms with E-state index in [0.717, 1.165) is 12.8 Å². The molecule has 1 saturated carbocycles. The van der Waals surface area contributed by atoms with Crippen molar-refractivity contribution in [1.82, 2.24) is 4.72 Å². The summed E-state index contributed by atoms with van der Waals surface area (Å²) in [5.41, 5.74) is 0.0745. The molecule has 3 heteroatoms. The highest BCUT2D eigenvalue weighted by molar-refractivity contribution is 7.91. The van der Waals surface area contributed by atoms with Gasteiger partial charge < -0.3 is 4.55 Å². The first-order valence-corrected chi connectivity index (χ1v) is 6.38. The Morgan fingerprint density at radius 1 is 1.43 bits per heavy atom. The molecule has 82 valence electrons. The lowest BCUT2D eigenvalue weighted by Gasteiger charge is -2.32. The Labute approximate surface area is 90.5 Å². The smallest absolute Gasteiger partial charge is 0.157 e. The molecule has 0 heterocycles. The third-order valence-electron chi connectivity index (χ3n) is 3.02. The summed E-state index contributed by atoms with van der Waals surface area (Å²) < 4.78 is 14.9. The highest BCUT2D eigenvalue weighted by atomic mass is 32.2. The fraction of sp³-hybridized carbons (Fsp3) is 0.818. The molecule has 0 aromatic carbocycles. The van der Waals surface area contributed by atoms with Crippen molar-refractivity contribution in [2.45, 2.75) is 56.7 Å². The summed E-state index contributed by atoms with van der Waals surface area (Å²) in [5, 5.41) is 0. The fourth-order valence-electron chi connectivity index (χ4n) is 1.69. The minimum absolute atomic E-state index is 0.0745. The Kier molecular flexibility index (Phi) is 3.67. The van der Waals surface area contributed by atoms with Crippen LogP contribution in [0.4, 0.5) is 0 Å². The lowest BCUT2D eigenvalue weighted by atomic mass is 10.0. The quantitative estimate of drug-likeness (QED) is 0.578. The summed E-state index contributed by atoms with van der Waals surface area (Å²) in [6, 6.07) is 0. The largest absolute Gasteiger partial charge is 0.597 e. The van der Waals surface area contributed by atoms with E-state index in [-0.39, 0.29) is 10.3 Å². The van der Waals surface area contributed by atoms with Crippen LogP contribution < -0.4 is 4.72 Å². The first-order chi connectivity index (χ1) is 6.40. The summed E-state index contributed by atoms with van der Waals surface area (Å²) in [5.74, 6) is 0. The van der Waals surface area contributed by atoms with Crippen LogP contribution in [-0.2, 0) is 11.4 Å². The van der Waals surface area contributed by atoms with Gasteiger partial charge in [0.2, 0.25) is 0 Å². The minimum Gasteiger partial charge on any atom is -0.597 e. The van der Waals surface area contributed by atoms with E-state index in [4.69, 9.17) is 0 Å². The highest BCUT2D eigenvalue weighted by Gasteiger charge is 2.38. The summed E-state index contributed by atoms with van der Waals surface area (Å²) >= 11 is -1.03. The van der Waals surface area contributed by atoms with Crippen LogP contribution in [0.2, 0.25) is 0 Å². The maximum atomic E-state index is 12.0. The van der Waals surface area contributed by atoms with Crippen LogP contribution in [0.5, 0.6) is 0 Å². The lowest BCUT2D eigenvalue weighted by Crippen LogP contribution is -2.50. The second-order valence-corrected chi connectivity index (χ2v) is 6.74. The molecule has 0 aromatic rings. The zero-order valence-corrected chi connectivity index (χ0v) is 10.2. The molecule has 1 fully saturated rings. The van der Waals surface area contributed by atoms with Crippen LogP contribution >= 0.6 is 0 Å². The molecule has 0 bridgehead atoms. The van der Waals surface area contributed by atoms with Gasteiger partial charge in [0.1, 0.15) is 0 Å². The predicted octanol–water partition coefficient (Wildman–Crippen LogP) is 2.54. The van der Waals surface area contributed by atoms with Crippen molar-refractivity contribution in [3.8, 4) is 0 Å². The number of hydrogen-bond acceptors (Lipinski definition) is 2. The second kappa shape index (κ2) is 4.25. The summed E-state index contributed by atoms with van der Waals surface area (Å²) in [6.45, 7) is 9.77. The van der Waals surface area contributed by atoms with E-state index in [1.165, 1.54) is 12.8 Å². The van der Waals surface area contributed by atoms with Crippen LogP contribution in [-0.4, -0.2) is 14.8 Å². The van der Waals surface area contributed by atoms with Gasteiger partial charge in [-0.2, -0.15) is 0 Å². The first kappa shape index (κ1) is 12.1. The van der Waals surface area contributed by atoms with Gasteiger partial charge in [-0.3, -0.25) is 0 Å². The minimum atomic E-state index is -1.03. The normalized spacial score (nSPS) is 23.4. The summed E-state index contributed by atoms with van der Waals surface area (Å²) in [4.78, 5) is 0. The van der Waals surface area contributed by atoms with Gasteiger partial charge >= 0.3 is 0 Å². The van der Waals surface area contributed by atoms with Crippen molar-refractivity contribution in [3.63, 3.8) is 0 Å². The molecule has 0 amide bonds. The second-order valence-electron chi connectivity index (χ2n) is 4.95. The van der Waals surface area contributed by atoms with Gasteiger partial charge in [0.05, 0.1) is 5.54 Å². The van der Waals surface area contributed by atoms with E-state index in [1.807, 2.05) is 13.8 Å². The molecule has 1 N–H and O–H groups in total. The van der Waals surface area contributed by atoms with E-state index >= 15 is 0 Å². The van der Waals surface area contributed by atoms with Crippen molar-refractivity contribution in [3.05, 3.63) is 12.7 Å². The zero-order valence-electron chi connectivity index (χ0n) is 9.43. The van der Waals surface area contributed by atoms with Gasteiger partial charge in [-0.1, -0.05) is 19.4 Å². The molecule has 0 aliphatic heterocycles. The first-order valence-electron chi connectivity index (χ1n) is 5.23. The van der Waals surface area contributed by atoms with E-state index in [9.17, 15) is 4.55 Å². The Balaban J connectivity index is 2.55. The number of rotatable bonds is 4. The summed E-state index contributed by atoms with van der Waals surface area (Å²) in [7, 11) is 0. The standard InChI is InChI=1S/C11H21NOS/c1-5-10(2,3)14(13)12-11(4)8-6-7-9-11/h5,12H,1,6-9H2,2-4H3. The Morgan fingerprint density at radius 2 is 1.93 bits per heavy atom. The zero-order chi connectivity index (χ0) is 10.8. The molecule has 1 aliphatic carbocycles. The van der Waals surface area contributed by atoms with Crippen molar-refractivity contribution in [2.24, 2.45) is 0 Å². The number of nitrogens with one attached hydrogen (secondary N) is 1. The van der Waals surface area contributed by atoms with Gasteiger partial charge in [-0.25, -0.2) is 0 Å². The van der Waals surface area contributed by atoms with E-state index in [2.05, 4.69) is 18.2 Å². The molecule has 1 rings (SSSR count). The molecule has 14 heavy (non-hydrogen) atoms. The molecule has 0 spiro atoms. The number of hydrogen-bond donors (Lipinski definition) is 1. The maximum Gasteiger partial charge on any atom is 0.157 e. The molecular formula is C11H21NOS. The highest BCUT2D eigenvalue weighted by Crippen LogP contribution is 2.31. The van der Waals surface area contributed by atoms with Gasteiger partial charge in [-0.05, 0) is 39.7 Å². The van der Waals surface area contributed by atoms with Crippen LogP contribution in [0.15, 0.2) is 12.7 Å². The molecule has 1 aliphatic rings. The van der Waals surface area contributed by atoms with E-state index in [1.54, 1.807) is 6.08 Å². The average molecular weight is 215 g/mol. The molecule has 0 aromatic heterocycles. The van der Waals surface area contributed by atoms with Crippen molar-refractivity contribution in [1.29, 1.82) is 0 Å². The molecule has 1 unspecified atom stereocenters. The van der Waals surface area contributed by atoms with E-state index < -0.39 is 11.4 Å². The SMILES string of the molecule is C=CC(C)(C)[S+]([O-])NC1(C)CCCC1. The fourth-order valence-corrected chi connectivity index (χ4v) is 2.75. The molecule has 0 radical (unpaired) electrons. The Morgan fingerprint density at radius 3 is 2.36 bits per heavy atom. The van der Waals surface area contributed by atoms with Crippen molar-refractivity contribution >= 4 is 11.4 Å². The van der Waals surface area contributed by atoms with Crippen LogP contribution in [0.25, 0.3) is 0 Å². The average Bonchev–Trinajstić information content (AvgIpc) is 2.52. The van der Waals surface area contributed by atoms with Gasteiger partial charge in [0.15, 0.2) is 4.75 Å². The molecular weight excluding hydrogens is 194 g/mol. The van der Waals surface area contributed by atoms with Crippen molar-refractivity contribution < 1.29 is 4.55 Å². The topological polar surface area (TPSA) is 35.1 Å². The van der Waals surface area contributed by atoms with Crippen molar-refractivity contribution in [2.75, 3.05) is 0 Å². The maximum absolute atomic E-state index is 12.0. The lowest BCUT2D eigenvalue weighted by molar-refractivity contribution is 0.421. The Hall–Kier alpha value is 0.01000. The predicted molar refractivity (Wildman–Crippen MR) is 62.4 cm³/mol. The van der Waals surface area contributed by atoms with Crippen LogP contribution in [0, 0.1) is 0 Å². The third kappa shape index (κ3) is 2.75. The van der Waals surface area contributed by atoms with E-state index in [0.29, 0.717) is 0 Å². The van der Waals surface area contributed by atoms with Crippen LogP contribution in [0.1, 0.15) is 46.5 Å². The molecule has 2 nitrogen and oxygen atoms in total. The molecule has 0 saturated heterocycles. The van der Waals surface area contributed by atoms with Gasteiger partial charge in [-0.15, -0.1) is 4.72 Å². The monoisotopic (exact) mass is 215 g/mol. The Bertz CT molecular complexity index is 209. The van der Waals surface area contributed by atoms with Gasteiger partial charge in [0, 0.05) is 11.4 Å². The summed E-state index contributed by atoms with van der Waals surface area (Å²) in [6.07, 6.45) is 6.51.